The van der Waals surface area contributed by atoms with Gasteiger partial charge in [0.25, 0.3) is 0 Å². The van der Waals surface area contributed by atoms with Crippen molar-refractivity contribution in [3.63, 3.8) is 0 Å². The molecule has 1 fully saturated rings. The lowest BCUT2D eigenvalue weighted by atomic mass is 10.1. The summed E-state index contributed by atoms with van der Waals surface area (Å²) in [6.45, 7) is 4.00. The first-order valence-corrected chi connectivity index (χ1v) is 8.39. The predicted molar refractivity (Wildman–Crippen MR) is 76.8 cm³/mol. The maximum absolute atomic E-state index is 12.7. The standard InChI is InChI=1S/C13H23N3O3S/c1-3-15-10-13(7-11(15)8-14)20(17,18)16-6-4-5-12(9-16)19-2/h7,10,12H,3-6,8-9,14H2,1-2H3. The minimum atomic E-state index is -3.45. The molecule has 0 amide bonds. The van der Waals surface area contributed by atoms with Gasteiger partial charge >= 0.3 is 0 Å². The van der Waals surface area contributed by atoms with Crippen molar-refractivity contribution in [3.05, 3.63) is 18.0 Å². The third-order valence-electron chi connectivity index (χ3n) is 3.82. The zero-order valence-corrected chi connectivity index (χ0v) is 12.9. The predicted octanol–water partition coefficient (Wildman–Crippen LogP) is 0.766. The summed E-state index contributed by atoms with van der Waals surface area (Å²) in [5, 5.41) is 0. The van der Waals surface area contributed by atoms with Crippen molar-refractivity contribution in [2.45, 2.75) is 43.9 Å². The van der Waals surface area contributed by atoms with Gasteiger partial charge in [-0.2, -0.15) is 4.31 Å². The summed E-state index contributed by atoms with van der Waals surface area (Å²) in [7, 11) is -1.82. The molecular weight excluding hydrogens is 278 g/mol. The van der Waals surface area contributed by atoms with Gasteiger partial charge in [-0.1, -0.05) is 0 Å². The molecule has 2 rings (SSSR count). The number of nitrogens with zero attached hydrogens (tertiary/aromatic N) is 2. The second kappa shape index (κ2) is 6.26. The summed E-state index contributed by atoms with van der Waals surface area (Å²) < 4.78 is 34.0. The molecule has 0 bridgehead atoms. The van der Waals surface area contributed by atoms with E-state index in [0.717, 1.165) is 18.5 Å². The Morgan fingerprint density at radius 1 is 1.50 bits per heavy atom. The lowest BCUT2D eigenvalue weighted by Gasteiger charge is -2.30. The van der Waals surface area contributed by atoms with Crippen LogP contribution in [0.5, 0.6) is 0 Å². The summed E-state index contributed by atoms with van der Waals surface area (Å²) in [4.78, 5) is 0.330. The lowest BCUT2D eigenvalue weighted by molar-refractivity contribution is 0.0572. The highest BCUT2D eigenvalue weighted by Gasteiger charge is 2.31. The average Bonchev–Trinajstić information content (AvgIpc) is 2.91. The maximum atomic E-state index is 12.7. The smallest absolute Gasteiger partial charge is 0.244 e. The van der Waals surface area contributed by atoms with E-state index in [4.69, 9.17) is 10.5 Å². The molecule has 0 spiro atoms. The Morgan fingerprint density at radius 2 is 2.25 bits per heavy atom. The van der Waals surface area contributed by atoms with E-state index >= 15 is 0 Å². The highest BCUT2D eigenvalue weighted by atomic mass is 32.2. The van der Waals surface area contributed by atoms with Gasteiger partial charge in [-0.3, -0.25) is 0 Å². The minimum Gasteiger partial charge on any atom is -0.380 e. The van der Waals surface area contributed by atoms with Gasteiger partial charge in [0, 0.05) is 45.2 Å². The van der Waals surface area contributed by atoms with Crippen molar-refractivity contribution in [3.8, 4) is 0 Å². The summed E-state index contributed by atoms with van der Waals surface area (Å²) in [6, 6.07) is 1.68. The largest absolute Gasteiger partial charge is 0.380 e. The third kappa shape index (κ3) is 2.90. The fraction of sp³-hybridized carbons (Fsp3) is 0.692. The van der Waals surface area contributed by atoms with Crippen LogP contribution >= 0.6 is 0 Å². The van der Waals surface area contributed by atoms with Crippen molar-refractivity contribution < 1.29 is 13.2 Å². The Kier molecular flexibility index (Phi) is 4.85. The van der Waals surface area contributed by atoms with Gasteiger partial charge in [0.05, 0.1) is 6.10 Å². The first kappa shape index (κ1) is 15.5. The van der Waals surface area contributed by atoms with Gasteiger partial charge in [-0.15, -0.1) is 0 Å². The van der Waals surface area contributed by atoms with Crippen LogP contribution in [0.2, 0.25) is 0 Å². The van der Waals surface area contributed by atoms with E-state index in [1.54, 1.807) is 19.4 Å². The second-order valence-corrected chi connectivity index (χ2v) is 6.96. The van der Waals surface area contributed by atoms with Gasteiger partial charge < -0.3 is 15.0 Å². The number of aromatic nitrogens is 1. The molecule has 7 heteroatoms. The Bertz CT molecular complexity index is 532. The normalized spacial score (nSPS) is 21.2. The highest BCUT2D eigenvalue weighted by molar-refractivity contribution is 7.89. The monoisotopic (exact) mass is 301 g/mol. The first-order valence-electron chi connectivity index (χ1n) is 6.95. The Hall–Kier alpha value is -0.890. The summed E-state index contributed by atoms with van der Waals surface area (Å²) in [5.74, 6) is 0. The molecule has 1 unspecified atom stereocenters. The van der Waals surface area contributed by atoms with Crippen LogP contribution in [-0.2, 0) is 27.8 Å². The van der Waals surface area contributed by atoms with Gasteiger partial charge in [-0.25, -0.2) is 8.42 Å². The number of rotatable bonds is 5. The quantitative estimate of drug-likeness (QED) is 0.871. The van der Waals surface area contributed by atoms with E-state index in [9.17, 15) is 8.42 Å². The zero-order chi connectivity index (χ0) is 14.8. The Morgan fingerprint density at radius 3 is 2.80 bits per heavy atom. The van der Waals surface area contributed by atoms with Crippen molar-refractivity contribution in [2.75, 3.05) is 20.2 Å². The molecule has 0 radical (unpaired) electrons. The number of methoxy groups -OCH3 is 1. The summed E-state index contributed by atoms with van der Waals surface area (Å²) in [6.07, 6.45) is 3.40. The molecule has 114 valence electrons. The van der Waals surface area contributed by atoms with Crippen LogP contribution < -0.4 is 5.73 Å². The number of hydrogen-bond acceptors (Lipinski definition) is 4. The van der Waals surface area contributed by atoms with E-state index in [1.165, 1.54) is 4.31 Å². The molecule has 20 heavy (non-hydrogen) atoms. The van der Waals surface area contributed by atoms with E-state index in [0.29, 0.717) is 31.1 Å². The molecule has 0 aromatic carbocycles. The maximum Gasteiger partial charge on any atom is 0.244 e. The van der Waals surface area contributed by atoms with Crippen molar-refractivity contribution >= 4 is 10.0 Å². The third-order valence-corrected chi connectivity index (χ3v) is 5.65. The minimum absolute atomic E-state index is 0.0132. The van der Waals surface area contributed by atoms with E-state index in [2.05, 4.69) is 0 Å². The van der Waals surface area contributed by atoms with Gasteiger partial charge in [0.15, 0.2) is 0 Å². The molecule has 1 saturated heterocycles. The average molecular weight is 301 g/mol. The number of nitrogens with two attached hydrogens (primary N) is 1. The van der Waals surface area contributed by atoms with E-state index in [-0.39, 0.29) is 6.10 Å². The molecule has 1 aromatic heterocycles. The van der Waals surface area contributed by atoms with Crippen LogP contribution in [0, 0.1) is 0 Å². The van der Waals surface area contributed by atoms with Crippen LogP contribution in [0.3, 0.4) is 0 Å². The van der Waals surface area contributed by atoms with Crippen molar-refractivity contribution in [1.29, 1.82) is 0 Å². The summed E-state index contributed by atoms with van der Waals surface area (Å²) >= 11 is 0. The van der Waals surface area contributed by atoms with Gasteiger partial charge in [-0.05, 0) is 25.8 Å². The lowest BCUT2D eigenvalue weighted by Crippen LogP contribution is -2.42. The second-order valence-electron chi connectivity index (χ2n) is 5.02. The molecule has 1 atom stereocenters. The van der Waals surface area contributed by atoms with Crippen LogP contribution in [0.25, 0.3) is 0 Å². The van der Waals surface area contributed by atoms with Crippen LogP contribution in [0.15, 0.2) is 17.2 Å². The fourth-order valence-electron chi connectivity index (χ4n) is 2.60. The van der Waals surface area contributed by atoms with Crippen molar-refractivity contribution in [1.82, 2.24) is 8.87 Å². The molecule has 1 aliphatic rings. The Balaban J connectivity index is 2.27. The number of aryl methyl sites for hydroxylation is 1. The van der Waals surface area contributed by atoms with Crippen LogP contribution in [0.4, 0.5) is 0 Å². The van der Waals surface area contributed by atoms with Crippen molar-refractivity contribution in [2.24, 2.45) is 5.73 Å². The zero-order valence-electron chi connectivity index (χ0n) is 12.1. The molecule has 1 aliphatic heterocycles. The molecule has 0 aliphatic carbocycles. The molecule has 0 saturated carbocycles. The van der Waals surface area contributed by atoms with E-state index < -0.39 is 10.0 Å². The van der Waals surface area contributed by atoms with Gasteiger partial charge in [0.2, 0.25) is 10.0 Å². The SMILES string of the molecule is CCn1cc(S(=O)(=O)N2CCCC(OC)C2)cc1CN. The molecule has 6 nitrogen and oxygen atoms in total. The Labute approximate surface area is 120 Å². The molecule has 2 N–H and O–H groups in total. The molecule has 2 heterocycles. The number of piperidine rings is 1. The molecular formula is C13H23N3O3S. The number of sulfonamides is 1. The van der Waals surface area contributed by atoms with Gasteiger partial charge in [0.1, 0.15) is 4.90 Å². The number of hydrogen-bond donors (Lipinski definition) is 1. The molecule has 1 aromatic rings. The summed E-state index contributed by atoms with van der Waals surface area (Å²) in [5.41, 5.74) is 6.49. The number of ether oxygens (including phenoxy) is 1. The van der Waals surface area contributed by atoms with E-state index in [1.807, 2.05) is 11.5 Å². The topological polar surface area (TPSA) is 77.6 Å². The van der Waals surface area contributed by atoms with Crippen LogP contribution in [-0.4, -0.2) is 43.6 Å². The van der Waals surface area contributed by atoms with Crippen LogP contribution in [0.1, 0.15) is 25.5 Å². The highest BCUT2D eigenvalue weighted by Crippen LogP contribution is 2.23. The fourth-order valence-corrected chi connectivity index (χ4v) is 4.17. The first-order chi connectivity index (χ1) is 9.52.